The highest BCUT2D eigenvalue weighted by Crippen LogP contribution is 2.07. The Bertz CT molecular complexity index is 314. The molecule has 0 heterocycles. The minimum absolute atomic E-state index is 0.125. The van der Waals surface area contributed by atoms with Crippen molar-refractivity contribution < 1.29 is 9.53 Å². The van der Waals surface area contributed by atoms with Gasteiger partial charge in [-0.15, -0.1) is 0 Å². The summed E-state index contributed by atoms with van der Waals surface area (Å²) in [5.41, 5.74) is 3.52. The van der Waals surface area contributed by atoms with Gasteiger partial charge in [0.1, 0.15) is 6.61 Å². The third-order valence-corrected chi connectivity index (χ3v) is 2.35. The van der Waals surface area contributed by atoms with Crippen LogP contribution in [0.2, 0.25) is 0 Å². The lowest BCUT2D eigenvalue weighted by Crippen LogP contribution is -2.26. The Labute approximate surface area is 95.8 Å². The van der Waals surface area contributed by atoms with Crippen molar-refractivity contribution in [3.05, 3.63) is 35.9 Å². The SMILES string of the molecule is CC(CCNN)C(=O)OCc1ccccc1. The molecule has 1 rings (SSSR count). The number of nitrogens with two attached hydrogens (primary N) is 1. The average molecular weight is 222 g/mol. The molecule has 0 saturated heterocycles. The highest BCUT2D eigenvalue weighted by molar-refractivity contribution is 5.71. The normalized spacial score (nSPS) is 12.1. The summed E-state index contributed by atoms with van der Waals surface area (Å²) < 4.78 is 5.18. The fourth-order valence-electron chi connectivity index (χ4n) is 1.29. The van der Waals surface area contributed by atoms with Gasteiger partial charge in [-0.2, -0.15) is 0 Å². The second-order valence-corrected chi connectivity index (χ2v) is 3.74. The fourth-order valence-corrected chi connectivity index (χ4v) is 1.29. The second kappa shape index (κ2) is 6.98. The van der Waals surface area contributed by atoms with E-state index in [2.05, 4.69) is 5.43 Å². The monoisotopic (exact) mass is 222 g/mol. The summed E-state index contributed by atoms with van der Waals surface area (Å²) >= 11 is 0. The average Bonchev–Trinajstić information content (AvgIpc) is 2.34. The summed E-state index contributed by atoms with van der Waals surface area (Å²) in [5, 5.41) is 0. The first kappa shape index (κ1) is 12.7. The van der Waals surface area contributed by atoms with Gasteiger partial charge in [0, 0.05) is 6.54 Å². The van der Waals surface area contributed by atoms with Crippen molar-refractivity contribution in [3.63, 3.8) is 0 Å². The second-order valence-electron chi connectivity index (χ2n) is 3.74. The van der Waals surface area contributed by atoms with Crippen LogP contribution >= 0.6 is 0 Å². The molecule has 4 heteroatoms. The molecule has 0 amide bonds. The summed E-state index contributed by atoms with van der Waals surface area (Å²) in [6.45, 7) is 2.78. The van der Waals surface area contributed by atoms with Crippen LogP contribution in [0, 0.1) is 5.92 Å². The summed E-state index contributed by atoms with van der Waals surface area (Å²) in [4.78, 5) is 11.5. The molecule has 1 aromatic rings. The van der Waals surface area contributed by atoms with Gasteiger partial charge < -0.3 is 4.74 Å². The van der Waals surface area contributed by atoms with Crippen molar-refractivity contribution >= 4 is 5.97 Å². The Kier molecular flexibility index (Phi) is 5.53. The van der Waals surface area contributed by atoms with Gasteiger partial charge >= 0.3 is 5.97 Å². The van der Waals surface area contributed by atoms with E-state index in [4.69, 9.17) is 10.6 Å². The van der Waals surface area contributed by atoms with E-state index >= 15 is 0 Å². The Morgan fingerprint density at radius 3 is 2.75 bits per heavy atom. The van der Waals surface area contributed by atoms with Gasteiger partial charge in [-0.3, -0.25) is 16.1 Å². The molecule has 0 fully saturated rings. The van der Waals surface area contributed by atoms with Crippen LogP contribution in [-0.2, 0) is 16.1 Å². The maximum absolute atomic E-state index is 11.5. The minimum Gasteiger partial charge on any atom is -0.461 e. The zero-order valence-electron chi connectivity index (χ0n) is 9.48. The first-order valence-corrected chi connectivity index (χ1v) is 5.38. The van der Waals surface area contributed by atoms with Crippen molar-refractivity contribution in [2.45, 2.75) is 20.0 Å². The predicted octanol–water partition coefficient (Wildman–Crippen LogP) is 1.22. The lowest BCUT2D eigenvalue weighted by molar-refractivity contribution is -0.149. The molecule has 4 nitrogen and oxygen atoms in total. The van der Waals surface area contributed by atoms with Crippen LogP contribution in [-0.4, -0.2) is 12.5 Å². The van der Waals surface area contributed by atoms with Gasteiger partial charge in [-0.05, 0) is 12.0 Å². The Balaban J connectivity index is 2.29. The molecule has 0 bridgehead atoms. The number of carbonyl (C=O) groups is 1. The minimum atomic E-state index is -0.181. The molecule has 0 saturated carbocycles. The number of esters is 1. The van der Waals surface area contributed by atoms with Gasteiger partial charge in [0.05, 0.1) is 5.92 Å². The molecule has 1 unspecified atom stereocenters. The molecule has 0 spiro atoms. The number of hydrazine groups is 1. The van der Waals surface area contributed by atoms with Crippen LogP contribution in [0.5, 0.6) is 0 Å². The van der Waals surface area contributed by atoms with Crippen LogP contribution < -0.4 is 11.3 Å². The van der Waals surface area contributed by atoms with E-state index in [0.29, 0.717) is 19.6 Å². The number of hydrogen-bond donors (Lipinski definition) is 2. The number of rotatable bonds is 6. The van der Waals surface area contributed by atoms with Gasteiger partial charge in [0.15, 0.2) is 0 Å². The molecule has 1 aromatic carbocycles. The first-order valence-electron chi connectivity index (χ1n) is 5.38. The molecule has 16 heavy (non-hydrogen) atoms. The molecular weight excluding hydrogens is 204 g/mol. The van der Waals surface area contributed by atoms with E-state index in [1.165, 1.54) is 0 Å². The van der Waals surface area contributed by atoms with Crippen LogP contribution in [0.1, 0.15) is 18.9 Å². The number of nitrogens with one attached hydrogen (secondary N) is 1. The van der Waals surface area contributed by atoms with Gasteiger partial charge in [0.2, 0.25) is 0 Å². The van der Waals surface area contributed by atoms with E-state index in [0.717, 1.165) is 5.56 Å². The van der Waals surface area contributed by atoms with E-state index in [1.54, 1.807) is 0 Å². The smallest absolute Gasteiger partial charge is 0.309 e. The maximum atomic E-state index is 11.5. The summed E-state index contributed by atoms with van der Waals surface area (Å²) in [5.74, 6) is 4.83. The van der Waals surface area contributed by atoms with Crippen LogP contribution in [0.4, 0.5) is 0 Å². The number of ether oxygens (including phenoxy) is 1. The first-order chi connectivity index (χ1) is 7.74. The van der Waals surface area contributed by atoms with Crippen molar-refractivity contribution in [1.82, 2.24) is 5.43 Å². The Morgan fingerprint density at radius 1 is 1.44 bits per heavy atom. The quantitative estimate of drug-likeness (QED) is 0.431. The zero-order valence-corrected chi connectivity index (χ0v) is 9.48. The molecule has 0 aliphatic carbocycles. The molecule has 0 radical (unpaired) electrons. The lowest BCUT2D eigenvalue weighted by atomic mass is 10.1. The molecule has 0 aliphatic heterocycles. The van der Waals surface area contributed by atoms with Gasteiger partial charge in [-0.25, -0.2) is 0 Å². The summed E-state index contributed by atoms with van der Waals surface area (Å²) in [6, 6.07) is 9.63. The molecular formula is C12H18N2O2. The Hall–Kier alpha value is -1.39. The van der Waals surface area contributed by atoms with Crippen LogP contribution in [0.3, 0.4) is 0 Å². The number of hydrogen-bond acceptors (Lipinski definition) is 4. The standard InChI is InChI=1S/C12H18N2O2/c1-10(7-8-14-13)12(15)16-9-11-5-3-2-4-6-11/h2-6,10,14H,7-9,13H2,1H3. The third-order valence-electron chi connectivity index (χ3n) is 2.35. The van der Waals surface area contributed by atoms with E-state index in [9.17, 15) is 4.79 Å². The topological polar surface area (TPSA) is 64.3 Å². The van der Waals surface area contributed by atoms with Crippen molar-refractivity contribution in [3.8, 4) is 0 Å². The summed E-state index contributed by atoms with van der Waals surface area (Å²) in [6.07, 6.45) is 0.685. The van der Waals surface area contributed by atoms with Gasteiger partial charge in [-0.1, -0.05) is 37.3 Å². The lowest BCUT2D eigenvalue weighted by Gasteiger charge is -2.10. The van der Waals surface area contributed by atoms with Crippen molar-refractivity contribution in [2.75, 3.05) is 6.54 Å². The zero-order chi connectivity index (χ0) is 11.8. The third kappa shape index (κ3) is 4.42. The largest absolute Gasteiger partial charge is 0.461 e. The highest BCUT2D eigenvalue weighted by atomic mass is 16.5. The van der Waals surface area contributed by atoms with Crippen LogP contribution in [0.15, 0.2) is 30.3 Å². The fraction of sp³-hybridized carbons (Fsp3) is 0.417. The number of carbonyl (C=O) groups excluding carboxylic acids is 1. The molecule has 0 aromatic heterocycles. The Morgan fingerprint density at radius 2 is 2.12 bits per heavy atom. The van der Waals surface area contributed by atoms with Crippen molar-refractivity contribution in [1.29, 1.82) is 0 Å². The van der Waals surface area contributed by atoms with E-state index in [-0.39, 0.29) is 11.9 Å². The van der Waals surface area contributed by atoms with Crippen LogP contribution in [0.25, 0.3) is 0 Å². The number of benzene rings is 1. The predicted molar refractivity (Wildman–Crippen MR) is 62.2 cm³/mol. The highest BCUT2D eigenvalue weighted by Gasteiger charge is 2.13. The van der Waals surface area contributed by atoms with Gasteiger partial charge in [0.25, 0.3) is 0 Å². The maximum Gasteiger partial charge on any atom is 0.309 e. The summed E-state index contributed by atoms with van der Waals surface area (Å²) in [7, 11) is 0. The molecule has 1 atom stereocenters. The molecule has 0 aliphatic rings. The molecule has 3 N–H and O–H groups in total. The van der Waals surface area contributed by atoms with E-state index < -0.39 is 0 Å². The van der Waals surface area contributed by atoms with Crippen molar-refractivity contribution in [2.24, 2.45) is 11.8 Å². The van der Waals surface area contributed by atoms with E-state index in [1.807, 2.05) is 37.3 Å². The molecule has 88 valence electrons.